The van der Waals surface area contributed by atoms with E-state index in [2.05, 4.69) is 9.97 Å². The van der Waals surface area contributed by atoms with Crippen LogP contribution in [0.25, 0.3) is 0 Å². The number of hydrogen-bond acceptors (Lipinski definition) is 4. The van der Waals surface area contributed by atoms with Gasteiger partial charge in [0, 0.05) is 32.0 Å². The Morgan fingerprint density at radius 2 is 2.15 bits per heavy atom. The smallest absolute Gasteiger partial charge is 0.256 e. The topological polar surface area (TPSA) is 75.3 Å². The van der Waals surface area contributed by atoms with Crippen molar-refractivity contribution >= 4 is 11.7 Å². The van der Waals surface area contributed by atoms with Gasteiger partial charge < -0.3 is 14.6 Å². The minimum atomic E-state index is -0.0927. The Bertz CT molecular complexity index is 792. The highest BCUT2D eigenvalue weighted by molar-refractivity contribution is 6.02. The lowest BCUT2D eigenvalue weighted by atomic mass is 10.1. The number of aromatic amines is 1. The molecule has 26 heavy (non-hydrogen) atoms. The minimum absolute atomic E-state index is 0.0505. The molecule has 0 unspecified atom stereocenters. The van der Waals surface area contributed by atoms with Crippen molar-refractivity contribution in [3.8, 4) is 0 Å². The molecule has 1 amide bonds. The van der Waals surface area contributed by atoms with Crippen LogP contribution in [0.5, 0.6) is 0 Å². The molecule has 1 aliphatic rings. The number of nitrogens with one attached hydrogen (secondary N) is 1. The van der Waals surface area contributed by atoms with Crippen LogP contribution < -0.4 is 0 Å². The molecule has 1 atom stereocenters. The summed E-state index contributed by atoms with van der Waals surface area (Å²) in [4.78, 5) is 34.3. The normalized spacial score (nSPS) is 16.7. The summed E-state index contributed by atoms with van der Waals surface area (Å²) in [5.41, 5.74) is 3.33. The lowest BCUT2D eigenvalue weighted by Crippen LogP contribution is -2.37. The van der Waals surface area contributed by atoms with E-state index in [-0.39, 0.29) is 17.8 Å². The molecule has 1 fully saturated rings. The molecule has 138 valence electrons. The fourth-order valence-corrected chi connectivity index (χ4v) is 3.52. The molecule has 6 heteroatoms. The molecule has 2 aromatic rings. The Labute approximate surface area is 153 Å². The van der Waals surface area contributed by atoms with Gasteiger partial charge >= 0.3 is 0 Å². The van der Waals surface area contributed by atoms with E-state index in [1.165, 1.54) is 6.92 Å². The molecule has 3 heterocycles. The SMILES string of the molecule is CC(=O)c1[nH]c(C)c(C(=O)N(Cc2ccccn2)C[C@@H]2CCCO2)c1C. The fourth-order valence-electron chi connectivity index (χ4n) is 3.52. The van der Waals surface area contributed by atoms with Crippen molar-refractivity contribution in [1.29, 1.82) is 0 Å². The van der Waals surface area contributed by atoms with Gasteiger partial charge in [-0.05, 0) is 44.4 Å². The summed E-state index contributed by atoms with van der Waals surface area (Å²) in [6.07, 6.45) is 3.75. The monoisotopic (exact) mass is 355 g/mol. The summed E-state index contributed by atoms with van der Waals surface area (Å²) < 4.78 is 5.73. The van der Waals surface area contributed by atoms with Crippen LogP contribution in [0.4, 0.5) is 0 Å². The summed E-state index contributed by atoms with van der Waals surface area (Å²) in [5, 5.41) is 0. The lowest BCUT2D eigenvalue weighted by molar-refractivity contribution is 0.0503. The summed E-state index contributed by atoms with van der Waals surface area (Å²) in [5.74, 6) is -0.162. The number of nitrogens with zero attached hydrogens (tertiary/aromatic N) is 2. The van der Waals surface area contributed by atoms with Crippen LogP contribution in [-0.2, 0) is 11.3 Å². The Hall–Kier alpha value is -2.47. The van der Waals surface area contributed by atoms with Crippen LogP contribution >= 0.6 is 0 Å². The van der Waals surface area contributed by atoms with Gasteiger partial charge in [-0.15, -0.1) is 0 Å². The van der Waals surface area contributed by atoms with Gasteiger partial charge in [-0.25, -0.2) is 0 Å². The fraction of sp³-hybridized carbons (Fsp3) is 0.450. The zero-order valence-corrected chi connectivity index (χ0v) is 15.5. The number of carbonyl (C=O) groups is 2. The molecule has 1 N–H and O–H groups in total. The maximum atomic E-state index is 13.3. The van der Waals surface area contributed by atoms with E-state index in [9.17, 15) is 9.59 Å². The Kier molecular flexibility index (Phi) is 5.52. The predicted molar refractivity (Wildman–Crippen MR) is 98.2 cm³/mol. The largest absolute Gasteiger partial charge is 0.376 e. The second-order valence-electron chi connectivity index (χ2n) is 6.82. The van der Waals surface area contributed by atoms with Crippen molar-refractivity contribution < 1.29 is 14.3 Å². The number of amides is 1. The number of aryl methyl sites for hydroxylation is 1. The van der Waals surface area contributed by atoms with Crippen molar-refractivity contribution in [1.82, 2.24) is 14.9 Å². The van der Waals surface area contributed by atoms with Gasteiger partial charge in [0.25, 0.3) is 5.91 Å². The van der Waals surface area contributed by atoms with Crippen molar-refractivity contribution in [2.45, 2.75) is 46.3 Å². The van der Waals surface area contributed by atoms with Gasteiger partial charge in [0.2, 0.25) is 0 Å². The number of ketones is 1. The average Bonchev–Trinajstić information content (AvgIpc) is 3.22. The highest BCUT2D eigenvalue weighted by atomic mass is 16.5. The quantitative estimate of drug-likeness (QED) is 0.808. The third-order valence-corrected chi connectivity index (χ3v) is 4.82. The van der Waals surface area contributed by atoms with Gasteiger partial charge in [0.1, 0.15) is 0 Å². The molecule has 0 aromatic carbocycles. The van der Waals surface area contributed by atoms with Crippen LogP contribution in [-0.4, -0.2) is 45.8 Å². The molecule has 1 saturated heterocycles. The van der Waals surface area contributed by atoms with Gasteiger partial charge in [0.15, 0.2) is 5.78 Å². The van der Waals surface area contributed by atoms with Crippen LogP contribution in [0, 0.1) is 13.8 Å². The van der Waals surface area contributed by atoms with Crippen molar-refractivity contribution in [3.05, 3.63) is 52.6 Å². The standard InChI is InChI=1S/C20H25N3O3/c1-13-18(14(2)22-19(13)15(3)24)20(25)23(12-17-8-6-10-26-17)11-16-7-4-5-9-21-16/h4-5,7,9,17,22H,6,8,10-12H2,1-3H3/t17-/m0/s1. The highest BCUT2D eigenvalue weighted by Gasteiger charge is 2.28. The van der Waals surface area contributed by atoms with E-state index in [1.807, 2.05) is 32.0 Å². The lowest BCUT2D eigenvalue weighted by Gasteiger charge is -2.25. The second kappa shape index (κ2) is 7.83. The van der Waals surface area contributed by atoms with Gasteiger partial charge in [-0.1, -0.05) is 6.07 Å². The maximum absolute atomic E-state index is 13.3. The average molecular weight is 355 g/mol. The molecular formula is C20H25N3O3. The molecule has 0 radical (unpaired) electrons. The van der Waals surface area contributed by atoms with E-state index in [4.69, 9.17) is 4.74 Å². The van der Waals surface area contributed by atoms with Gasteiger partial charge in [-0.2, -0.15) is 0 Å². The van der Waals surface area contributed by atoms with E-state index in [1.54, 1.807) is 11.1 Å². The van der Waals surface area contributed by atoms with Crippen molar-refractivity contribution in [2.24, 2.45) is 0 Å². The molecule has 2 aromatic heterocycles. The van der Waals surface area contributed by atoms with Crippen molar-refractivity contribution in [3.63, 3.8) is 0 Å². The van der Waals surface area contributed by atoms with E-state index in [0.717, 1.165) is 30.8 Å². The first-order valence-electron chi connectivity index (χ1n) is 8.98. The first-order valence-corrected chi connectivity index (χ1v) is 8.98. The summed E-state index contributed by atoms with van der Waals surface area (Å²) in [7, 11) is 0. The van der Waals surface area contributed by atoms with Crippen LogP contribution in [0.2, 0.25) is 0 Å². The van der Waals surface area contributed by atoms with Gasteiger partial charge in [-0.3, -0.25) is 14.6 Å². The summed E-state index contributed by atoms with van der Waals surface area (Å²) >= 11 is 0. The first-order chi connectivity index (χ1) is 12.5. The Balaban J connectivity index is 1.90. The van der Waals surface area contributed by atoms with Gasteiger partial charge in [0.05, 0.1) is 29.6 Å². The van der Waals surface area contributed by atoms with Crippen LogP contribution in [0.1, 0.15) is 57.6 Å². The van der Waals surface area contributed by atoms with Crippen LogP contribution in [0.15, 0.2) is 24.4 Å². The maximum Gasteiger partial charge on any atom is 0.256 e. The van der Waals surface area contributed by atoms with Crippen LogP contribution in [0.3, 0.4) is 0 Å². The zero-order valence-electron chi connectivity index (χ0n) is 15.5. The third-order valence-electron chi connectivity index (χ3n) is 4.82. The Morgan fingerprint density at radius 3 is 2.73 bits per heavy atom. The van der Waals surface area contributed by atoms with E-state index < -0.39 is 0 Å². The summed E-state index contributed by atoms with van der Waals surface area (Å²) in [6, 6.07) is 5.68. The predicted octanol–water partition coefficient (Wildman–Crippen LogP) is 3.05. The Morgan fingerprint density at radius 1 is 1.35 bits per heavy atom. The highest BCUT2D eigenvalue weighted by Crippen LogP contribution is 2.23. The number of rotatable bonds is 6. The molecule has 0 spiro atoms. The molecule has 0 bridgehead atoms. The molecule has 0 saturated carbocycles. The number of ether oxygens (including phenoxy) is 1. The molecule has 1 aliphatic heterocycles. The third kappa shape index (κ3) is 3.85. The molecule has 6 nitrogen and oxygen atoms in total. The first kappa shape index (κ1) is 18.3. The molecular weight excluding hydrogens is 330 g/mol. The van der Waals surface area contributed by atoms with E-state index in [0.29, 0.717) is 29.9 Å². The number of pyridine rings is 1. The zero-order chi connectivity index (χ0) is 18.7. The number of aromatic nitrogens is 2. The number of carbonyl (C=O) groups excluding carboxylic acids is 2. The number of Topliss-reactive ketones (excluding diaryl/α,β-unsaturated/α-hetero) is 1. The minimum Gasteiger partial charge on any atom is -0.376 e. The molecule has 3 rings (SSSR count). The molecule has 0 aliphatic carbocycles. The number of hydrogen-bond donors (Lipinski definition) is 1. The second-order valence-corrected chi connectivity index (χ2v) is 6.82. The number of H-pyrrole nitrogens is 1. The van der Waals surface area contributed by atoms with E-state index >= 15 is 0 Å². The van der Waals surface area contributed by atoms with Crippen molar-refractivity contribution in [2.75, 3.05) is 13.2 Å². The summed E-state index contributed by atoms with van der Waals surface area (Å²) in [6.45, 7) is 6.83.